The molecule has 1 nitrogen and oxygen atoms in total. The van der Waals surface area contributed by atoms with Crippen LogP contribution in [0.25, 0.3) is 0 Å². The van der Waals surface area contributed by atoms with Crippen LogP contribution in [-0.4, -0.2) is 6.61 Å². The van der Waals surface area contributed by atoms with Gasteiger partial charge in [0, 0.05) is 5.56 Å². The van der Waals surface area contributed by atoms with Crippen molar-refractivity contribution in [2.45, 2.75) is 18.8 Å². The maximum atomic E-state index is 5.84. The number of ether oxygens (including phenoxy) is 1. The first-order valence-corrected chi connectivity index (χ1v) is 6.12. The van der Waals surface area contributed by atoms with Gasteiger partial charge in [0.1, 0.15) is 12.4 Å². The molecule has 1 unspecified atom stereocenters. The second-order valence-corrected chi connectivity index (χ2v) is 5.20. The first kappa shape index (κ1) is 9.29. The van der Waals surface area contributed by atoms with Crippen LogP contribution in [0.5, 0.6) is 5.75 Å². The van der Waals surface area contributed by atoms with Gasteiger partial charge in [-0.05, 0) is 30.5 Å². The van der Waals surface area contributed by atoms with Crippen LogP contribution in [-0.2, 0) is 11.8 Å². The fourth-order valence-electron chi connectivity index (χ4n) is 3.28. The molecule has 1 aliphatic heterocycles. The van der Waals surface area contributed by atoms with E-state index in [4.69, 9.17) is 4.74 Å². The summed E-state index contributed by atoms with van der Waals surface area (Å²) in [6, 6.07) is 15.2. The Hall–Kier alpha value is -1.76. The van der Waals surface area contributed by atoms with Gasteiger partial charge in [0.15, 0.2) is 0 Å². The summed E-state index contributed by atoms with van der Waals surface area (Å²) in [5.41, 5.74) is 5.83. The highest BCUT2D eigenvalue weighted by atomic mass is 16.5. The van der Waals surface area contributed by atoms with Gasteiger partial charge in [-0.2, -0.15) is 0 Å². The highest BCUT2D eigenvalue weighted by Gasteiger charge is 2.49. The van der Waals surface area contributed by atoms with Gasteiger partial charge in [-0.1, -0.05) is 42.0 Å². The minimum Gasteiger partial charge on any atom is -0.492 e. The van der Waals surface area contributed by atoms with Crippen LogP contribution in [0, 0.1) is 6.92 Å². The Balaban J connectivity index is 1.91. The molecule has 1 atom stereocenters. The monoisotopic (exact) mass is 222 g/mol. The molecule has 2 aliphatic rings. The zero-order chi connectivity index (χ0) is 11.5. The van der Waals surface area contributed by atoms with Gasteiger partial charge in [0.2, 0.25) is 0 Å². The molecule has 2 aromatic rings. The topological polar surface area (TPSA) is 9.23 Å². The molecule has 1 spiro atoms. The lowest BCUT2D eigenvalue weighted by molar-refractivity contribution is 0.273. The lowest BCUT2D eigenvalue weighted by atomic mass is 9.61. The van der Waals surface area contributed by atoms with Crippen LogP contribution in [0.2, 0.25) is 0 Å². The second-order valence-electron chi connectivity index (χ2n) is 5.20. The van der Waals surface area contributed by atoms with E-state index in [9.17, 15) is 0 Å². The van der Waals surface area contributed by atoms with Gasteiger partial charge < -0.3 is 4.74 Å². The third-order valence-electron chi connectivity index (χ3n) is 4.15. The molecule has 4 rings (SSSR count). The van der Waals surface area contributed by atoms with Crippen molar-refractivity contribution in [1.29, 1.82) is 0 Å². The standard InChI is InChI=1S/C16H14O/c1-11-6-7-13-12(8-11)9-16(13)10-17-15-5-3-2-4-14(15)16/h2-8H,9-10H2,1H3. The predicted molar refractivity (Wildman–Crippen MR) is 67.6 cm³/mol. The summed E-state index contributed by atoms with van der Waals surface area (Å²) in [7, 11) is 0. The third kappa shape index (κ3) is 1.04. The quantitative estimate of drug-likeness (QED) is 0.665. The summed E-state index contributed by atoms with van der Waals surface area (Å²) in [6.07, 6.45) is 1.13. The van der Waals surface area contributed by atoms with Crippen LogP contribution >= 0.6 is 0 Å². The SMILES string of the molecule is Cc1ccc2c(c1)CC21COc2ccccc21. The van der Waals surface area contributed by atoms with Crippen molar-refractivity contribution < 1.29 is 4.74 Å². The lowest BCUT2D eigenvalue weighted by Gasteiger charge is -2.40. The molecular formula is C16H14O. The van der Waals surface area contributed by atoms with E-state index in [0.29, 0.717) is 0 Å². The molecule has 1 aliphatic carbocycles. The van der Waals surface area contributed by atoms with Gasteiger partial charge in [-0.25, -0.2) is 0 Å². The Morgan fingerprint density at radius 3 is 2.82 bits per heavy atom. The summed E-state index contributed by atoms with van der Waals surface area (Å²) in [4.78, 5) is 0. The van der Waals surface area contributed by atoms with Gasteiger partial charge in [-0.15, -0.1) is 0 Å². The lowest BCUT2D eigenvalue weighted by Crippen LogP contribution is -2.41. The highest BCUT2D eigenvalue weighted by Crippen LogP contribution is 2.52. The zero-order valence-corrected chi connectivity index (χ0v) is 9.86. The third-order valence-corrected chi connectivity index (χ3v) is 4.15. The molecule has 2 aromatic carbocycles. The van der Waals surface area contributed by atoms with Crippen molar-refractivity contribution >= 4 is 0 Å². The van der Waals surface area contributed by atoms with Crippen LogP contribution in [0.4, 0.5) is 0 Å². The fraction of sp³-hybridized carbons (Fsp3) is 0.250. The van der Waals surface area contributed by atoms with Gasteiger partial charge in [0.25, 0.3) is 0 Å². The molecule has 1 heterocycles. The predicted octanol–water partition coefficient (Wildman–Crippen LogP) is 3.23. The first-order valence-electron chi connectivity index (χ1n) is 6.12. The molecule has 0 bridgehead atoms. The summed E-state index contributed by atoms with van der Waals surface area (Å²) in [5.74, 6) is 1.07. The van der Waals surface area contributed by atoms with Crippen LogP contribution in [0.1, 0.15) is 22.3 Å². The van der Waals surface area contributed by atoms with Gasteiger partial charge in [-0.3, -0.25) is 0 Å². The maximum Gasteiger partial charge on any atom is 0.123 e. The normalized spacial score (nSPS) is 23.8. The number of benzene rings is 2. The number of fused-ring (bicyclic) bond motifs is 4. The number of hydrogen-bond acceptors (Lipinski definition) is 1. The minimum absolute atomic E-state index is 0.152. The summed E-state index contributed by atoms with van der Waals surface area (Å²) < 4.78 is 5.84. The molecule has 0 saturated carbocycles. The van der Waals surface area contributed by atoms with Crippen molar-refractivity contribution in [3.8, 4) is 5.75 Å². The molecule has 17 heavy (non-hydrogen) atoms. The van der Waals surface area contributed by atoms with Crippen molar-refractivity contribution in [2.75, 3.05) is 6.61 Å². The smallest absolute Gasteiger partial charge is 0.123 e. The Kier molecular flexibility index (Phi) is 1.60. The van der Waals surface area contributed by atoms with E-state index in [1.807, 2.05) is 6.07 Å². The Morgan fingerprint density at radius 1 is 1.06 bits per heavy atom. The van der Waals surface area contributed by atoms with E-state index in [2.05, 4.69) is 43.3 Å². The highest BCUT2D eigenvalue weighted by molar-refractivity contribution is 5.60. The molecule has 0 N–H and O–H groups in total. The molecule has 0 amide bonds. The van der Waals surface area contributed by atoms with E-state index in [1.54, 1.807) is 0 Å². The fourth-order valence-corrected chi connectivity index (χ4v) is 3.28. The van der Waals surface area contributed by atoms with Crippen LogP contribution in [0.3, 0.4) is 0 Å². The van der Waals surface area contributed by atoms with Crippen molar-refractivity contribution in [1.82, 2.24) is 0 Å². The van der Waals surface area contributed by atoms with E-state index in [-0.39, 0.29) is 5.41 Å². The first-order chi connectivity index (χ1) is 8.29. The van der Waals surface area contributed by atoms with Crippen molar-refractivity contribution in [3.63, 3.8) is 0 Å². The zero-order valence-electron chi connectivity index (χ0n) is 9.86. The number of hydrogen-bond donors (Lipinski definition) is 0. The second kappa shape index (κ2) is 2.92. The number of para-hydroxylation sites is 1. The molecule has 0 aromatic heterocycles. The number of aryl methyl sites for hydroxylation is 1. The molecule has 0 radical (unpaired) electrons. The van der Waals surface area contributed by atoms with Gasteiger partial charge in [0.05, 0.1) is 5.41 Å². The van der Waals surface area contributed by atoms with Crippen molar-refractivity contribution in [2.24, 2.45) is 0 Å². The largest absolute Gasteiger partial charge is 0.492 e. The Morgan fingerprint density at radius 2 is 1.94 bits per heavy atom. The molecule has 0 saturated heterocycles. The maximum absolute atomic E-state index is 5.84. The molecule has 84 valence electrons. The summed E-state index contributed by atoms with van der Waals surface area (Å²) in [5, 5.41) is 0. The van der Waals surface area contributed by atoms with Crippen LogP contribution < -0.4 is 4.74 Å². The van der Waals surface area contributed by atoms with E-state index < -0.39 is 0 Å². The van der Waals surface area contributed by atoms with Crippen molar-refractivity contribution in [3.05, 3.63) is 64.7 Å². The van der Waals surface area contributed by atoms with Crippen LogP contribution in [0.15, 0.2) is 42.5 Å². The van der Waals surface area contributed by atoms with E-state index in [1.165, 1.54) is 22.3 Å². The minimum atomic E-state index is 0.152. The van der Waals surface area contributed by atoms with Gasteiger partial charge >= 0.3 is 0 Å². The molecule has 0 fully saturated rings. The Labute approximate surface area is 101 Å². The molecule has 1 heteroatoms. The Bertz CT molecular complexity index is 615. The van der Waals surface area contributed by atoms with E-state index in [0.717, 1.165) is 18.8 Å². The average Bonchev–Trinajstić information content (AvgIpc) is 2.70. The molecular weight excluding hydrogens is 208 g/mol. The number of rotatable bonds is 0. The average molecular weight is 222 g/mol. The summed E-state index contributed by atoms with van der Waals surface area (Å²) in [6.45, 7) is 2.97. The summed E-state index contributed by atoms with van der Waals surface area (Å²) >= 11 is 0. The van der Waals surface area contributed by atoms with E-state index >= 15 is 0 Å².